The van der Waals surface area contributed by atoms with Crippen molar-refractivity contribution in [1.82, 2.24) is 5.32 Å². The Morgan fingerprint density at radius 2 is 2.00 bits per heavy atom. The number of rotatable bonds is 3. The minimum Gasteiger partial charge on any atom is -0.309 e. The van der Waals surface area contributed by atoms with Gasteiger partial charge in [0.1, 0.15) is 0 Å². The summed E-state index contributed by atoms with van der Waals surface area (Å²) in [7, 11) is -2.86. The zero-order valence-corrected chi connectivity index (χ0v) is 11.8. The van der Waals surface area contributed by atoms with Crippen molar-refractivity contribution in [1.29, 1.82) is 0 Å². The predicted octanol–water partition coefficient (Wildman–Crippen LogP) is 2.12. The van der Waals surface area contributed by atoms with Crippen LogP contribution in [0.3, 0.4) is 0 Å². The first-order chi connectivity index (χ1) is 8.06. The van der Waals surface area contributed by atoms with Crippen LogP contribution in [0.25, 0.3) is 0 Å². The molecule has 4 atom stereocenters. The Morgan fingerprint density at radius 3 is 2.65 bits per heavy atom. The van der Waals surface area contributed by atoms with Crippen molar-refractivity contribution < 1.29 is 8.42 Å². The molecule has 100 valence electrons. The third kappa shape index (κ3) is 2.84. The van der Waals surface area contributed by atoms with E-state index in [1.165, 1.54) is 19.3 Å². The topological polar surface area (TPSA) is 46.2 Å². The molecule has 1 N–H and O–H groups in total. The highest BCUT2D eigenvalue weighted by atomic mass is 32.2. The lowest BCUT2D eigenvalue weighted by molar-refractivity contribution is 0.255. The lowest BCUT2D eigenvalue weighted by atomic mass is 9.82. The molecule has 1 saturated carbocycles. The summed E-state index contributed by atoms with van der Waals surface area (Å²) < 4.78 is 24.6. The van der Waals surface area contributed by atoms with E-state index in [4.69, 9.17) is 0 Å². The van der Waals surface area contributed by atoms with Crippen molar-refractivity contribution in [3.05, 3.63) is 0 Å². The van der Waals surface area contributed by atoms with Crippen molar-refractivity contribution in [2.45, 2.75) is 69.7 Å². The maximum Gasteiger partial charge on any atom is 0.156 e. The number of nitrogens with one attached hydrogen (secondary N) is 1. The molecule has 0 radical (unpaired) electrons. The summed E-state index contributed by atoms with van der Waals surface area (Å²) in [4.78, 5) is 0. The summed E-state index contributed by atoms with van der Waals surface area (Å²) in [5.74, 6) is 0.986. The molecule has 0 bridgehead atoms. The monoisotopic (exact) mass is 259 g/mol. The molecule has 2 fully saturated rings. The molecule has 0 amide bonds. The average molecular weight is 259 g/mol. The van der Waals surface area contributed by atoms with E-state index in [0.29, 0.717) is 11.7 Å². The lowest BCUT2D eigenvalue weighted by Gasteiger charge is -2.42. The number of hydrogen-bond acceptors (Lipinski definition) is 3. The molecule has 0 aromatic rings. The Balaban J connectivity index is 2.09. The average Bonchev–Trinajstić information content (AvgIpc) is 2.29. The first kappa shape index (κ1) is 13.3. The normalized spacial score (nSPS) is 40.8. The first-order valence-electron chi connectivity index (χ1n) is 7.04. The second-order valence-electron chi connectivity index (χ2n) is 5.71. The van der Waals surface area contributed by atoms with Crippen molar-refractivity contribution >= 4 is 9.84 Å². The molecule has 1 saturated heterocycles. The van der Waals surface area contributed by atoms with E-state index < -0.39 is 9.84 Å². The summed E-state index contributed by atoms with van der Waals surface area (Å²) in [6.07, 6.45) is 6.42. The van der Waals surface area contributed by atoms with Gasteiger partial charge in [-0.05, 0) is 31.6 Å². The molecule has 4 heteroatoms. The number of fused-ring (bicyclic) bond motifs is 1. The van der Waals surface area contributed by atoms with Gasteiger partial charge in [-0.15, -0.1) is 0 Å². The maximum atomic E-state index is 12.3. The molecule has 2 rings (SSSR count). The molecule has 1 heterocycles. The van der Waals surface area contributed by atoms with Crippen LogP contribution in [0.2, 0.25) is 0 Å². The molecular formula is C13H25NO2S. The Hall–Kier alpha value is -0.0900. The summed E-state index contributed by atoms with van der Waals surface area (Å²) in [5.41, 5.74) is 0. The molecule has 2 aliphatic rings. The molecule has 1 aliphatic heterocycles. The zero-order chi connectivity index (χ0) is 12.5. The van der Waals surface area contributed by atoms with E-state index in [-0.39, 0.29) is 17.3 Å². The summed E-state index contributed by atoms with van der Waals surface area (Å²) in [6, 6.07) is 0.413. The van der Waals surface area contributed by atoms with Crippen LogP contribution in [0, 0.1) is 5.92 Å². The van der Waals surface area contributed by atoms with Crippen LogP contribution in [0.5, 0.6) is 0 Å². The lowest BCUT2D eigenvalue weighted by Crippen LogP contribution is -2.59. The van der Waals surface area contributed by atoms with Crippen molar-refractivity contribution in [3.63, 3.8) is 0 Å². The van der Waals surface area contributed by atoms with Gasteiger partial charge in [-0.2, -0.15) is 0 Å². The summed E-state index contributed by atoms with van der Waals surface area (Å²) in [5, 5.41) is 3.44. The minimum absolute atomic E-state index is 0.101. The van der Waals surface area contributed by atoms with Gasteiger partial charge in [0.15, 0.2) is 9.84 Å². The second-order valence-corrected chi connectivity index (χ2v) is 7.98. The summed E-state index contributed by atoms with van der Waals surface area (Å²) in [6.45, 7) is 4.25. The zero-order valence-electron chi connectivity index (χ0n) is 11.0. The fourth-order valence-electron chi connectivity index (χ4n) is 3.46. The van der Waals surface area contributed by atoms with Crippen LogP contribution < -0.4 is 5.32 Å². The smallest absolute Gasteiger partial charge is 0.156 e. The quantitative estimate of drug-likeness (QED) is 0.844. The van der Waals surface area contributed by atoms with Crippen molar-refractivity contribution in [2.24, 2.45) is 5.92 Å². The van der Waals surface area contributed by atoms with Gasteiger partial charge >= 0.3 is 0 Å². The van der Waals surface area contributed by atoms with E-state index >= 15 is 0 Å². The van der Waals surface area contributed by atoms with Gasteiger partial charge in [0.05, 0.1) is 11.0 Å². The fraction of sp³-hybridized carbons (Fsp3) is 1.00. The van der Waals surface area contributed by atoms with Gasteiger partial charge in [-0.1, -0.05) is 26.7 Å². The van der Waals surface area contributed by atoms with Crippen molar-refractivity contribution in [2.75, 3.05) is 5.75 Å². The molecule has 0 aromatic heterocycles. The van der Waals surface area contributed by atoms with E-state index in [0.717, 1.165) is 19.3 Å². The van der Waals surface area contributed by atoms with Gasteiger partial charge in [0, 0.05) is 12.1 Å². The van der Waals surface area contributed by atoms with Gasteiger partial charge in [0.25, 0.3) is 0 Å². The summed E-state index contributed by atoms with van der Waals surface area (Å²) >= 11 is 0. The Bertz CT molecular complexity index is 352. The van der Waals surface area contributed by atoms with Gasteiger partial charge in [-0.3, -0.25) is 0 Å². The van der Waals surface area contributed by atoms with Crippen molar-refractivity contribution in [3.8, 4) is 0 Å². The SMILES string of the molecule is CCCC1CCC2NC(CC)CS(=O)(=O)C2C1. The van der Waals surface area contributed by atoms with E-state index in [1.807, 2.05) is 0 Å². The molecule has 17 heavy (non-hydrogen) atoms. The standard InChI is InChI=1S/C13H25NO2S/c1-3-5-10-6-7-12-13(8-10)17(15,16)9-11(4-2)14-12/h10-14H,3-9H2,1-2H3. The molecule has 1 aliphatic carbocycles. The highest BCUT2D eigenvalue weighted by Crippen LogP contribution is 2.34. The second kappa shape index (κ2) is 5.27. The minimum atomic E-state index is -2.86. The Morgan fingerprint density at radius 1 is 1.24 bits per heavy atom. The molecule has 0 spiro atoms. The van der Waals surface area contributed by atoms with E-state index in [2.05, 4.69) is 19.2 Å². The van der Waals surface area contributed by atoms with Gasteiger partial charge in [-0.25, -0.2) is 8.42 Å². The molecule has 0 aromatic carbocycles. The predicted molar refractivity (Wildman–Crippen MR) is 70.8 cm³/mol. The third-order valence-electron chi connectivity index (χ3n) is 4.43. The highest BCUT2D eigenvalue weighted by Gasteiger charge is 2.43. The maximum absolute atomic E-state index is 12.3. The van der Waals surface area contributed by atoms with Crippen LogP contribution >= 0.6 is 0 Å². The Kier molecular flexibility index (Phi) is 4.14. The number of hydrogen-bond donors (Lipinski definition) is 1. The highest BCUT2D eigenvalue weighted by molar-refractivity contribution is 7.92. The van der Waals surface area contributed by atoms with Crippen LogP contribution in [0.4, 0.5) is 0 Å². The molecular weight excluding hydrogens is 234 g/mol. The van der Waals surface area contributed by atoms with Crippen LogP contribution in [-0.2, 0) is 9.84 Å². The number of sulfone groups is 1. The first-order valence-corrected chi connectivity index (χ1v) is 8.76. The van der Waals surface area contributed by atoms with E-state index in [1.54, 1.807) is 0 Å². The van der Waals surface area contributed by atoms with Gasteiger partial charge < -0.3 is 5.32 Å². The van der Waals surface area contributed by atoms with E-state index in [9.17, 15) is 8.42 Å². The van der Waals surface area contributed by atoms with Crippen LogP contribution in [0.15, 0.2) is 0 Å². The van der Waals surface area contributed by atoms with Gasteiger partial charge in [0.2, 0.25) is 0 Å². The molecule has 3 nitrogen and oxygen atoms in total. The van der Waals surface area contributed by atoms with Crippen LogP contribution in [-0.4, -0.2) is 31.5 Å². The third-order valence-corrected chi connectivity index (χ3v) is 6.75. The largest absolute Gasteiger partial charge is 0.309 e. The van der Waals surface area contributed by atoms with Crippen LogP contribution in [0.1, 0.15) is 52.4 Å². The Labute approximate surface area is 105 Å². The molecule has 4 unspecified atom stereocenters. The fourth-order valence-corrected chi connectivity index (χ4v) is 5.88.